The Morgan fingerprint density at radius 3 is 2.50 bits per heavy atom. The molecule has 1 atom stereocenters. The molecule has 3 nitrogen and oxygen atoms in total. The van der Waals surface area contributed by atoms with Gasteiger partial charge in [-0.1, -0.05) is 0 Å². The third-order valence-corrected chi connectivity index (χ3v) is 3.51. The lowest BCUT2D eigenvalue weighted by Crippen LogP contribution is -2.43. The van der Waals surface area contributed by atoms with Crippen molar-refractivity contribution in [2.24, 2.45) is 5.92 Å². The normalized spacial score (nSPS) is 24.9. The summed E-state index contributed by atoms with van der Waals surface area (Å²) in [6.45, 7) is 2.26. The molecule has 1 saturated heterocycles. The van der Waals surface area contributed by atoms with Gasteiger partial charge in [0, 0.05) is 12.6 Å². The van der Waals surface area contributed by atoms with E-state index in [4.69, 9.17) is 0 Å². The highest BCUT2D eigenvalue weighted by atomic mass is 19.4. The van der Waals surface area contributed by atoms with E-state index in [0.29, 0.717) is 12.5 Å². The lowest BCUT2D eigenvalue weighted by atomic mass is 9.99. The molecule has 2 aliphatic rings. The topological polar surface area (TPSA) is 32.3 Å². The Morgan fingerprint density at radius 2 is 2.00 bits per heavy atom. The number of halogens is 3. The highest BCUT2D eigenvalue weighted by Crippen LogP contribution is 2.31. The molecule has 1 N–H and O–H groups in total. The standard InChI is InChI=1S/C12H19F3N2O/c13-12(14,15)6-11(18)17(10-3-4-10)8-9-2-1-5-16-7-9/h9-10,16H,1-8H2. The number of piperidine rings is 1. The highest BCUT2D eigenvalue weighted by Gasteiger charge is 2.39. The van der Waals surface area contributed by atoms with Crippen molar-refractivity contribution < 1.29 is 18.0 Å². The maximum absolute atomic E-state index is 12.3. The van der Waals surface area contributed by atoms with Crippen molar-refractivity contribution >= 4 is 5.91 Å². The molecule has 0 aromatic carbocycles. The van der Waals surface area contributed by atoms with E-state index in [1.54, 1.807) is 0 Å². The van der Waals surface area contributed by atoms with E-state index in [1.807, 2.05) is 0 Å². The third-order valence-electron chi connectivity index (χ3n) is 3.51. The van der Waals surface area contributed by atoms with Crippen LogP contribution in [0.15, 0.2) is 0 Å². The Kier molecular flexibility index (Phi) is 4.14. The molecule has 6 heteroatoms. The number of hydrogen-bond acceptors (Lipinski definition) is 2. The Labute approximate surface area is 105 Å². The van der Waals surface area contributed by atoms with Crippen LogP contribution in [-0.4, -0.2) is 42.7 Å². The van der Waals surface area contributed by atoms with E-state index >= 15 is 0 Å². The number of alkyl halides is 3. The molecule has 0 spiro atoms. The van der Waals surface area contributed by atoms with Crippen molar-refractivity contribution in [2.75, 3.05) is 19.6 Å². The molecule has 1 amide bonds. The largest absolute Gasteiger partial charge is 0.397 e. The molecule has 104 valence electrons. The molecule has 0 radical (unpaired) electrons. The first-order valence-corrected chi connectivity index (χ1v) is 6.52. The molecule has 1 unspecified atom stereocenters. The van der Waals surface area contributed by atoms with E-state index in [9.17, 15) is 18.0 Å². The molecule has 0 aromatic rings. The average Bonchev–Trinajstić information content (AvgIpc) is 3.08. The van der Waals surface area contributed by atoms with Gasteiger partial charge in [-0.3, -0.25) is 4.79 Å². The van der Waals surface area contributed by atoms with Gasteiger partial charge >= 0.3 is 6.18 Å². The van der Waals surface area contributed by atoms with Crippen molar-refractivity contribution in [1.29, 1.82) is 0 Å². The van der Waals surface area contributed by atoms with Gasteiger partial charge in [0.15, 0.2) is 0 Å². The van der Waals surface area contributed by atoms with Crippen LogP contribution in [-0.2, 0) is 4.79 Å². The van der Waals surface area contributed by atoms with Crippen LogP contribution in [0.25, 0.3) is 0 Å². The zero-order chi connectivity index (χ0) is 13.2. The van der Waals surface area contributed by atoms with Crippen LogP contribution in [0.2, 0.25) is 0 Å². The zero-order valence-electron chi connectivity index (χ0n) is 10.3. The summed E-state index contributed by atoms with van der Waals surface area (Å²) in [5.74, 6) is -0.452. The molecule has 1 heterocycles. The minimum atomic E-state index is -4.39. The molecular formula is C12H19F3N2O. The zero-order valence-corrected chi connectivity index (χ0v) is 10.3. The van der Waals surface area contributed by atoms with Crippen LogP contribution in [0.5, 0.6) is 0 Å². The van der Waals surface area contributed by atoms with E-state index in [1.165, 1.54) is 4.90 Å². The van der Waals surface area contributed by atoms with Crippen LogP contribution in [0.3, 0.4) is 0 Å². The fraction of sp³-hybridized carbons (Fsp3) is 0.917. The van der Waals surface area contributed by atoms with Gasteiger partial charge in [0.2, 0.25) is 5.91 Å². The first-order valence-electron chi connectivity index (χ1n) is 6.52. The monoisotopic (exact) mass is 264 g/mol. The molecule has 1 aliphatic heterocycles. The van der Waals surface area contributed by atoms with Crippen LogP contribution < -0.4 is 5.32 Å². The van der Waals surface area contributed by atoms with Gasteiger partial charge in [0.1, 0.15) is 6.42 Å². The predicted molar refractivity (Wildman–Crippen MR) is 61.0 cm³/mol. The Bertz CT molecular complexity index is 296. The summed E-state index contributed by atoms with van der Waals surface area (Å²) in [6, 6.07) is 0.0572. The van der Waals surface area contributed by atoms with Crippen molar-refractivity contribution in [3.05, 3.63) is 0 Å². The summed E-state index contributed by atoms with van der Waals surface area (Å²) in [4.78, 5) is 13.2. The lowest BCUT2D eigenvalue weighted by Gasteiger charge is -2.30. The number of rotatable bonds is 4. The molecule has 1 aliphatic carbocycles. The van der Waals surface area contributed by atoms with Crippen molar-refractivity contribution in [1.82, 2.24) is 10.2 Å². The van der Waals surface area contributed by atoms with E-state index in [0.717, 1.165) is 38.8 Å². The summed E-state index contributed by atoms with van der Waals surface area (Å²) in [6.07, 6.45) is -1.97. The quantitative estimate of drug-likeness (QED) is 0.841. The second-order valence-electron chi connectivity index (χ2n) is 5.28. The minimum absolute atomic E-state index is 0.0572. The fourth-order valence-corrected chi connectivity index (χ4v) is 2.47. The molecule has 1 saturated carbocycles. The number of nitrogens with one attached hydrogen (secondary N) is 1. The minimum Gasteiger partial charge on any atom is -0.339 e. The molecule has 2 fully saturated rings. The smallest absolute Gasteiger partial charge is 0.339 e. The number of nitrogens with zero attached hydrogens (tertiary/aromatic N) is 1. The van der Waals surface area contributed by atoms with Gasteiger partial charge in [-0.2, -0.15) is 13.2 Å². The summed E-state index contributed by atoms with van der Waals surface area (Å²) in [5, 5.41) is 3.23. The van der Waals surface area contributed by atoms with Gasteiger partial charge in [-0.05, 0) is 44.7 Å². The second kappa shape index (κ2) is 5.47. The SMILES string of the molecule is O=C(CC(F)(F)F)N(CC1CCCNC1)C1CC1. The second-order valence-corrected chi connectivity index (χ2v) is 5.28. The van der Waals surface area contributed by atoms with Gasteiger partial charge in [0.05, 0.1) is 0 Å². The molecular weight excluding hydrogens is 245 g/mol. The van der Waals surface area contributed by atoms with Gasteiger partial charge < -0.3 is 10.2 Å². The van der Waals surface area contributed by atoms with Crippen LogP contribution >= 0.6 is 0 Å². The number of amides is 1. The summed E-state index contributed by atoms with van der Waals surface area (Å²) < 4.78 is 36.8. The van der Waals surface area contributed by atoms with Crippen molar-refractivity contribution in [3.63, 3.8) is 0 Å². The van der Waals surface area contributed by atoms with Crippen LogP contribution in [0, 0.1) is 5.92 Å². The van der Waals surface area contributed by atoms with Crippen LogP contribution in [0.4, 0.5) is 13.2 Å². The summed E-state index contributed by atoms with van der Waals surface area (Å²) in [7, 11) is 0. The first kappa shape index (κ1) is 13.6. The summed E-state index contributed by atoms with van der Waals surface area (Å²) in [5.41, 5.74) is 0. The highest BCUT2D eigenvalue weighted by molar-refractivity contribution is 5.77. The van der Waals surface area contributed by atoms with Crippen LogP contribution in [0.1, 0.15) is 32.1 Å². The Balaban J connectivity index is 1.88. The Hall–Kier alpha value is -0.780. The lowest BCUT2D eigenvalue weighted by molar-refractivity contribution is -0.162. The molecule has 18 heavy (non-hydrogen) atoms. The number of carbonyl (C=O) groups excluding carboxylic acids is 1. The first-order chi connectivity index (χ1) is 8.46. The van der Waals surface area contributed by atoms with E-state index in [2.05, 4.69) is 5.32 Å². The van der Waals surface area contributed by atoms with E-state index < -0.39 is 18.5 Å². The maximum atomic E-state index is 12.3. The maximum Gasteiger partial charge on any atom is 0.397 e. The third kappa shape index (κ3) is 4.15. The van der Waals surface area contributed by atoms with Gasteiger partial charge in [-0.25, -0.2) is 0 Å². The summed E-state index contributed by atoms with van der Waals surface area (Å²) >= 11 is 0. The predicted octanol–water partition coefficient (Wildman–Crippen LogP) is 1.93. The molecule has 2 rings (SSSR count). The number of hydrogen-bond donors (Lipinski definition) is 1. The van der Waals surface area contributed by atoms with Gasteiger partial charge in [0.25, 0.3) is 0 Å². The number of carbonyl (C=O) groups is 1. The van der Waals surface area contributed by atoms with Crippen molar-refractivity contribution in [3.8, 4) is 0 Å². The van der Waals surface area contributed by atoms with Crippen molar-refractivity contribution in [2.45, 2.75) is 44.3 Å². The molecule has 0 aromatic heterocycles. The van der Waals surface area contributed by atoms with Gasteiger partial charge in [-0.15, -0.1) is 0 Å². The van der Waals surface area contributed by atoms with E-state index in [-0.39, 0.29) is 6.04 Å². The average molecular weight is 264 g/mol. The Morgan fingerprint density at radius 1 is 1.28 bits per heavy atom. The molecule has 0 bridgehead atoms. The fourth-order valence-electron chi connectivity index (χ4n) is 2.47.